The number of nitrogens with zero attached hydrogens (tertiary/aromatic N) is 2. The number of benzene rings is 1. The molecule has 0 spiro atoms. The first-order chi connectivity index (χ1) is 9.93. The maximum atomic E-state index is 6.33. The first kappa shape index (κ1) is 15.8. The van der Waals surface area contributed by atoms with E-state index in [4.69, 9.17) is 10.7 Å². The average molecular weight is 285 g/mol. The molecule has 0 amide bonds. The Bertz CT molecular complexity index is 637. The number of fused-ring (bicyclic) bond motifs is 1. The summed E-state index contributed by atoms with van der Waals surface area (Å²) in [6.07, 6.45) is 2.02. The fraction of sp³-hybridized carbons (Fsp3) is 0.500. The quantitative estimate of drug-likeness (QED) is 0.792. The predicted molar refractivity (Wildman–Crippen MR) is 90.5 cm³/mol. The van der Waals surface area contributed by atoms with Gasteiger partial charge in [-0.1, -0.05) is 45.4 Å². The van der Waals surface area contributed by atoms with Gasteiger partial charge in [-0.2, -0.15) is 0 Å². The van der Waals surface area contributed by atoms with E-state index in [-0.39, 0.29) is 6.04 Å². The normalized spacial score (nSPS) is 13.0. The van der Waals surface area contributed by atoms with Gasteiger partial charge in [0.1, 0.15) is 5.82 Å². The Hall–Kier alpha value is -1.61. The van der Waals surface area contributed by atoms with Gasteiger partial charge in [-0.05, 0) is 37.0 Å². The van der Waals surface area contributed by atoms with Crippen LogP contribution in [0, 0.1) is 0 Å². The molecule has 0 radical (unpaired) electrons. The van der Waals surface area contributed by atoms with Crippen LogP contribution in [0.5, 0.6) is 0 Å². The van der Waals surface area contributed by atoms with Gasteiger partial charge >= 0.3 is 0 Å². The molecule has 2 aromatic rings. The number of hydrogen-bond acceptors (Lipinski definition) is 2. The number of imidazole rings is 1. The summed E-state index contributed by atoms with van der Waals surface area (Å²) in [7, 11) is 0. The van der Waals surface area contributed by atoms with E-state index in [1.807, 2.05) is 6.92 Å². The zero-order chi connectivity index (χ0) is 15.6. The van der Waals surface area contributed by atoms with Crippen molar-refractivity contribution in [3.8, 4) is 0 Å². The molecule has 0 aliphatic carbocycles. The van der Waals surface area contributed by atoms with Gasteiger partial charge in [-0.3, -0.25) is 0 Å². The molecule has 0 saturated heterocycles. The smallest absolute Gasteiger partial charge is 0.127 e. The van der Waals surface area contributed by atoms with Crippen molar-refractivity contribution in [2.75, 3.05) is 0 Å². The summed E-state index contributed by atoms with van der Waals surface area (Å²) in [5.41, 5.74) is 11.0. The molecule has 1 heterocycles. The molecule has 0 saturated carbocycles. The Morgan fingerprint density at radius 1 is 1.38 bits per heavy atom. The molecule has 2 N–H and O–H groups in total. The summed E-state index contributed by atoms with van der Waals surface area (Å²) in [6.45, 7) is 13.4. The van der Waals surface area contributed by atoms with Crippen LogP contribution in [0.1, 0.15) is 63.9 Å². The molecular weight excluding hydrogens is 258 g/mol. The van der Waals surface area contributed by atoms with E-state index in [0.717, 1.165) is 41.8 Å². The molecule has 0 aliphatic rings. The Morgan fingerprint density at radius 2 is 2.10 bits per heavy atom. The van der Waals surface area contributed by atoms with Crippen molar-refractivity contribution < 1.29 is 0 Å². The van der Waals surface area contributed by atoms with Crippen LogP contribution in [0.2, 0.25) is 0 Å². The second-order valence-corrected chi connectivity index (χ2v) is 6.31. The van der Waals surface area contributed by atoms with E-state index in [1.54, 1.807) is 0 Å². The SMILES string of the molecule is C=C(C)Cn1c(C(N)CCC)nc2cc(C(C)C)ccc21. The molecule has 2 rings (SSSR count). The summed E-state index contributed by atoms with van der Waals surface area (Å²) in [5.74, 6) is 1.49. The molecule has 0 aliphatic heterocycles. The van der Waals surface area contributed by atoms with Gasteiger partial charge in [0, 0.05) is 6.54 Å². The lowest BCUT2D eigenvalue weighted by molar-refractivity contribution is 0.570. The molecule has 3 nitrogen and oxygen atoms in total. The molecule has 21 heavy (non-hydrogen) atoms. The van der Waals surface area contributed by atoms with Crippen molar-refractivity contribution >= 4 is 11.0 Å². The van der Waals surface area contributed by atoms with Crippen molar-refractivity contribution in [3.63, 3.8) is 0 Å². The summed E-state index contributed by atoms with van der Waals surface area (Å²) < 4.78 is 2.22. The first-order valence-corrected chi connectivity index (χ1v) is 7.84. The van der Waals surface area contributed by atoms with Crippen LogP contribution >= 0.6 is 0 Å². The predicted octanol–water partition coefficient (Wildman–Crippen LogP) is 4.54. The van der Waals surface area contributed by atoms with Gasteiger partial charge in [0.15, 0.2) is 0 Å². The third-order valence-electron chi connectivity index (χ3n) is 3.83. The zero-order valence-electron chi connectivity index (χ0n) is 13.7. The van der Waals surface area contributed by atoms with E-state index in [9.17, 15) is 0 Å². The molecule has 1 aromatic heterocycles. The number of nitrogens with two attached hydrogens (primary N) is 1. The Labute approximate surface area is 127 Å². The molecule has 1 aromatic carbocycles. The lowest BCUT2D eigenvalue weighted by atomic mass is 10.0. The fourth-order valence-corrected chi connectivity index (χ4v) is 2.68. The van der Waals surface area contributed by atoms with E-state index < -0.39 is 0 Å². The summed E-state index contributed by atoms with van der Waals surface area (Å²) in [5, 5.41) is 0. The lowest BCUT2D eigenvalue weighted by Gasteiger charge is -2.14. The van der Waals surface area contributed by atoms with Gasteiger partial charge in [-0.15, -0.1) is 0 Å². The van der Waals surface area contributed by atoms with Crippen molar-refractivity contribution in [2.45, 2.75) is 59.0 Å². The van der Waals surface area contributed by atoms with Crippen LogP contribution in [0.25, 0.3) is 11.0 Å². The number of rotatable bonds is 6. The molecule has 1 atom stereocenters. The molecule has 114 valence electrons. The van der Waals surface area contributed by atoms with E-state index >= 15 is 0 Å². The second-order valence-electron chi connectivity index (χ2n) is 6.31. The number of aromatic nitrogens is 2. The van der Waals surface area contributed by atoms with E-state index in [1.165, 1.54) is 5.56 Å². The average Bonchev–Trinajstić information content (AvgIpc) is 2.76. The van der Waals surface area contributed by atoms with Gasteiger partial charge < -0.3 is 10.3 Å². The van der Waals surface area contributed by atoms with E-state index in [2.05, 4.69) is 50.1 Å². The topological polar surface area (TPSA) is 43.8 Å². The first-order valence-electron chi connectivity index (χ1n) is 7.84. The minimum atomic E-state index is -0.00995. The van der Waals surface area contributed by atoms with Crippen LogP contribution in [-0.2, 0) is 6.54 Å². The van der Waals surface area contributed by atoms with Crippen molar-refractivity contribution in [2.24, 2.45) is 5.73 Å². The van der Waals surface area contributed by atoms with E-state index in [0.29, 0.717) is 5.92 Å². The number of hydrogen-bond donors (Lipinski definition) is 1. The standard InChI is InChI=1S/C18H27N3/c1-6-7-15(19)18-20-16-10-14(13(4)5)8-9-17(16)21(18)11-12(2)3/h8-10,13,15H,2,6-7,11,19H2,1,3-5H3. The maximum Gasteiger partial charge on any atom is 0.127 e. The Morgan fingerprint density at radius 3 is 2.67 bits per heavy atom. The van der Waals surface area contributed by atoms with Crippen molar-refractivity contribution in [1.29, 1.82) is 0 Å². The summed E-state index contributed by atoms with van der Waals surface area (Å²) in [6, 6.07) is 6.54. The molecule has 1 unspecified atom stereocenters. The molecule has 3 heteroatoms. The largest absolute Gasteiger partial charge is 0.323 e. The van der Waals surface area contributed by atoms with Crippen molar-refractivity contribution in [1.82, 2.24) is 9.55 Å². The van der Waals surface area contributed by atoms with Crippen LogP contribution < -0.4 is 5.73 Å². The van der Waals surface area contributed by atoms with Crippen molar-refractivity contribution in [3.05, 3.63) is 41.7 Å². The number of allylic oxidation sites excluding steroid dienone is 1. The molecular formula is C18H27N3. The van der Waals surface area contributed by atoms with Crippen LogP contribution in [0.4, 0.5) is 0 Å². The Balaban J connectivity index is 2.57. The Kier molecular flexibility index (Phi) is 4.84. The highest BCUT2D eigenvalue weighted by atomic mass is 15.1. The highest BCUT2D eigenvalue weighted by molar-refractivity contribution is 5.77. The van der Waals surface area contributed by atoms with Gasteiger partial charge in [0.05, 0.1) is 17.1 Å². The zero-order valence-corrected chi connectivity index (χ0v) is 13.7. The van der Waals surface area contributed by atoms with Gasteiger partial charge in [0.25, 0.3) is 0 Å². The molecule has 0 fully saturated rings. The van der Waals surface area contributed by atoms with Crippen LogP contribution in [-0.4, -0.2) is 9.55 Å². The highest BCUT2D eigenvalue weighted by Gasteiger charge is 2.17. The lowest BCUT2D eigenvalue weighted by Crippen LogP contribution is -2.17. The fourth-order valence-electron chi connectivity index (χ4n) is 2.68. The van der Waals surface area contributed by atoms with Crippen LogP contribution in [0.3, 0.4) is 0 Å². The highest BCUT2D eigenvalue weighted by Crippen LogP contribution is 2.26. The monoisotopic (exact) mass is 285 g/mol. The maximum absolute atomic E-state index is 6.33. The molecule has 0 bridgehead atoms. The van der Waals surface area contributed by atoms with Gasteiger partial charge in [0.2, 0.25) is 0 Å². The summed E-state index contributed by atoms with van der Waals surface area (Å²) in [4.78, 5) is 4.82. The third kappa shape index (κ3) is 3.35. The minimum Gasteiger partial charge on any atom is -0.323 e. The van der Waals surface area contributed by atoms with Crippen LogP contribution in [0.15, 0.2) is 30.4 Å². The minimum absolute atomic E-state index is 0.00995. The van der Waals surface area contributed by atoms with Gasteiger partial charge in [-0.25, -0.2) is 4.98 Å². The second kappa shape index (κ2) is 6.44. The third-order valence-corrected chi connectivity index (χ3v) is 3.83. The summed E-state index contributed by atoms with van der Waals surface area (Å²) >= 11 is 0.